The van der Waals surface area contributed by atoms with Gasteiger partial charge >= 0.3 is 6.09 Å². The summed E-state index contributed by atoms with van der Waals surface area (Å²) in [5.41, 5.74) is 1.91. The van der Waals surface area contributed by atoms with Gasteiger partial charge in [-0.2, -0.15) is 0 Å². The molecule has 5 fully saturated rings. The van der Waals surface area contributed by atoms with Gasteiger partial charge in [0.05, 0.1) is 6.54 Å². The molecule has 0 radical (unpaired) electrons. The van der Waals surface area contributed by atoms with E-state index in [1.807, 2.05) is 62.1 Å². The van der Waals surface area contributed by atoms with Gasteiger partial charge in [-0.05, 0) is 91.4 Å². The zero-order valence-corrected chi connectivity index (χ0v) is 22.5. The van der Waals surface area contributed by atoms with Crippen LogP contribution in [0.1, 0.15) is 76.8 Å². The van der Waals surface area contributed by atoms with Crippen LogP contribution in [-0.2, 0) is 21.7 Å². The largest absolute Gasteiger partial charge is 0.436 e. The maximum atomic E-state index is 13.4. The molecule has 5 aliphatic rings. The fourth-order valence-corrected chi connectivity index (χ4v) is 8.22. The van der Waals surface area contributed by atoms with Gasteiger partial charge < -0.3 is 10.1 Å². The molecule has 196 valence electrons. The molecule has 1 unspecified atom stereocenters. The third kappa shape index (κ3) is 4.78. The number of carbonyl (C=O) groups is 2. The normalized spacial score (nSPS) is 32.5. The smallest absolute Gasteiger partial charge is 0.411 e. The summed E-state index contributed by atoms with van der Waals surface area (Å²) >= 11 is 0. The number of hydrogen-bond donors (Lipinski definition) is 1. The van der Waals surface area contributed by atoms with Crippen LogP contribution in [0.4, 0.5) is 10.5 Å². The summed E-state index contributed by atoms with van der Waals surface area (Å²) in [6, 6.07) is 18.2. The molecule has 1 heterocycles. The van der Waals surface area contributed by atoms with E-state index < -0.39 is 11.0 Å². The van der Waals surface area contributed by atoms with E-state index in [-0.39, 0.29) is 17.4 Å². The molecule has 1 N–H and O–H groups in total. The number of ether oxygens (including phenoxy) is 1. The van der Waals surface area contributed by atoms with Crippen LogP contribution >= 0.6 is 0 Å². The van der Waals surface area contributed by atoms with Crippen LogP contribution in [-0.4, -0.2) is 23.4 Å². The first kappa shape index (κ1) is 24.5. The molecule has 7 rings (SSSR count). The number of hydrogen-bond acceptors (Lipinski definition) is 3. The number of carbonyl (C=O) groups excluding carboxylic acids is 2. The molecular formula is C32H40N2O3. The zero-order valence-electron chi connectivity index (χ0n) is 22.5. The molecule has 0 aromatic heterocycles. The molecule has 1 aliphatic heterocycles. The predicted octanol–water partition coefficient (Wildman–Crippen LogP) is 7.13. The van der Waals surface area contributed by atoms with Crippen molar-refractivity contribution in [1.82, 2.24) is 4.90 Å². The predicted molar refractivity (Wildman–Crippen MR) is 145 cm³/mol. The van der Waals surface area contributed by atoms with Crippen molar-refractivity contribution in [1.29, 1.82) is 0 Å². The number of rotatable bonds is 6. The standard InChI is InChI=1S/C32H40N2O3/c1-30(2,3)28(35)33-27-11-7-10-26(15-27)32(20-31-16-23-12-24(17-31)14-25(13-23)18-31)21-34(29(36)37-32)19-22-8-5-4-6-9-22/h4-11,15,23-25H,12-14,16-21H2,1-3H3,(H,33,35). The summed E-state index contributed by atoms with van der Waals surface area (Å²) in [7, 11) is 0. The van der Waals surface area contributed by atoms with Crippen molar-refractivity contribution in [2.24, 2.45) is 28.6 Å². The Bertz CT molecular complexity index is 1150. The van der Waals surface area contributed by atoms with E-state index in [9.17, 15) is 9.59 Å². The van der Waals surface area contributed by atoms with Gasteiger partial charge in [-0.15, -0.1) is 0 Å². The number of nitrogens with one attached hydrogen (secondary N) is 1. The van der Waals surface area contributed by atoms with Crippen LogP contribution in [0.25, 0.3) is 0 Å². The van der Waals surface area contributed by atoms with Crippen LogP contribution < -0.4 is 5.32 Å². The van der Waals surface area contributed by atoms with Crippen molar-refractivity contribution < 1.29 is 14.3 Å². The summed E-state index contributed by atoms with van der Waals surface area (Å²) in [4.78, 5) is 28.0. The van der Waals surface area contributed by atoms with Gasteiger partial charge in [0.1, 0.15) is 0 Å². The molecule has 2 aromatic rings. The zero-order chi connectivity index (χ0) is 25.8. The van der Waals surface area contributed by atoms with E-state index >= 15 is 0 Å². The molecule has 5 heteroatoms. The molecular weight excluding hydrogens is 460 g/mol. The summed E-state index contributed by atoms with van der Waals surface area (Å²) < 4.78 is 6.46. The minimum absolute atomic E-state index is 0.0195. The highest BCUT2D eigenvalue weighted by Gasteiger charge is 2.57. The monoisotopic (exact) mass is 500 g/mol. The van der Waals surface area contributed by atoms with Gasteiger partial charge in [-0.3, -0.25) is 9.69 Å². The minimum atomic E-state index is -0.708. The topological polar surface area (TPSA) is 58.6 Å². The lowest BCUT2D eigenvalue weighted by molar-refractivity contribution is -0.123. The average Bonchev–Trinajstić information content (AvgIpc) is 3.13. The Morgan fingerprint density at radius 2 is 1.62 bits per heavy atom. The first-order valence-electron chi connectivity index (χ1n) is 14.1. The molecule has 2 aromatic carbocycles. The lowest BCUT2D eigenvalue weighted by Gasteiger charge is -2.58. The Hall–Kier alpha value is -2.82. The maximum absolute atomic E-state index is 13.4. The van der Waals surface area contributed by atoms with E-state index in [1.165, 1.54) is 38.5 Å². The van der Waals surface area contributed by atoms with E-state index in [1.54, 1.807) is 0 Å². The quantitative estimate of drug-likeness (QED) is 0.459. The molecule has 1 saturated heterocycles. The molecule has 4 aliphatic carbocycles. The van der Waals surface area contributed by atoms with Gasteiger partial charge in [-0.25, -0.2) is 4.79 Å². The van der Waals surface area contributed by atoms with Crippen LogP contribution in [0.2, 0.25) is 0 Å². The van der Waals surface area contributed by atoms with Crippen molar-refractivity contribution in [3.05, 3.63) is 65.7 Å². The average molecular weight is 501 g/mol. The van der Waals surface area contributed by atoms with E-state index in [2.05, 4.69) is 23.5 Å². The first-order valence-corrected chi connectivity index (χ1v) is 14.1. The molecule has 5 nitrogen and oxygen atoms in total. The Balaban J connectivity index is 1.34. The van der Waals surface area contributed by atoms with E-state index in [4.69, 9.17) is 4.74 Å². The number of amides is 2. The van der Waals surface area contributed by atoms with Crippen molar-refractivity contribution in [2.45, 2.75) is 77.9 Å². The van der Waals surface area contributed by atoms with Crippen LogP contribution in [0.3, 0.4) is 0 Å². The number of cyclic esters (lactones) is 1. The fourth-order valence-electron chi connectivity index (χ4n) is 8.22. The second-order valence-electron chi connectivity index (χ2n) is 13.6. The van der Waals surface area contributed by atoms with Crippen molar-refractivity contribution in [3.8, 4) is 0 Å². The minimum Gasteiger partial charge on any atom is -0.436 e. The van der Waals surface area contributed by atoms with Crippen molar-refractivity contribution >= 4 is 17.7 Å². The Morgan fingerprint density at radius 3 is 2.24 bits per heavy atom. The van der Waals surface area contributed by atoms with Crippen LogP contribution in [0.15, 0.2) is 54.6 Å². The van der Waals surface area contributed by atoms with Gasteiger partial charge in [0.15, 0.2) is 5.60 Å². The van der Waals surface area contributed by atoms with Crippen molar-refractivity contribution in [2.75, 3.05) is 11.9 Å². The Labute approximate surface area is 221 Å². The van der Waals surface area contributed by atoms with Gasteiger partial charge in [0, 0.05) is 17.6 Å². The lowest BCUT2D eigenvalue weighted by Crippen LogP contribution is -2.50. The summed E-state index contributed by atoms with van der Waals surface area (Å²) in [6.07, 6.45) is 8.59. The molecule has 1 atom stereocenters. The van der Waals surface area contributed by atoms with Gasteiger partial charge in [-0.1, -0.05) is 63.2 Å². The first-order chi connectivity index (χ1) is 17.6. The third-order valence-corrected chi connectivity index (χ3v) is 9.36. The highest BCUT2D eigenvalue weighted by Crippen LogP contribution is 2.64. The molecule has 0 spiro atoms. The van der Waals surface area contributed by atoms with E-state index in [0.717, 1.165) is 41.0 Å². The molecule has 4 bridgehead atoms. The third-order valence-electron chi connectivity index (χ3n) is 9.36. The summed E-state index contributed by atoms with van der Waals surface area (Å²) in [5, 5.41) is 3.09. The lowest BCUT2D eigenvalue weighted by atomic mass is 9.47. The number of nitrogens with zero attached hydrogens (tertiary/aromatic N) is 1. The highest BCUT2D eigenvalue weighted by molar-refractivity contribution is 5.94. The molecule has 4 saturated carbocycles. The van der Waals surface area contributed by atoms with Crippen molar-refractivity contribution in [3.63, 3.8) is 0 Å². The fraction of sp³-hybridized carbons (Fsp3) is 0.562. The second kappa shape index (κ2) is 8.89. The van der Waals surface area contributed by atoms with Crippen LogP contribution in [0, 0.1) is 28.6 Å². The SMILES string of the molecule is CC(C)(C)C(=O)Nc1cccc(C2(CC34CC5CC(CC(C5)C3)C4)CN(Cc3ccccc3)C(=O)O2)c1. The summed E-state index contributed by atoms with van der Waals surface area (Å²) in [6.45, 7) is 6.84. The number of benzene rings is 2. The maximum Gasteiger partial charge on any atom is 0.411 e. The Kier molecular flexibility index (Phi) is 5.89. The number of anilines is 1. The highest BCUT2D eigenvalue weighted by atomic mass is 16.6. The van der Waals surface area contributed by atoms with Gasteiger partial charge in [0.2, 0.25) is 5.91 Å². The molecule has 37 heavy (non-hydrogen) atoms. The van der Waals surface area contributed by atoms with E-state index in [0.29, 0.717) is 13.1 Å². The second-order valence-corrected chi connectivity index (χ2v) is 13.6. The van der Waals surface area contributed by atoms with Gasteiger partial charge in [0.25, 0.3) is 0 Å². The molecule has 2 amide bonds. The Morgan fingerprint density at radius 1 is 0.973 bits per heavy atom. The van der Waals surface area contributed by atoms with Crippen LogP contribution in [0.5, 0.6) is 0 Å². The summed E-state index contributed by atoms with van der Waals surface area (Å²) in [5.74, 6) is 2.48.